The van der Waals surface area contributed by atoms with Gasteiger partial charge in [0, 0.05) is 11.4 Å². The number of amides is 2. The predicted molar refractivity (Wildman–Crippen MR) is 110 cm³/mol. The Morgan fingerprint density at radius 3 is 2.21 bits per heavy atom. The van der Waals surface area contributed by atoms with Crippen molar-refractivity contribution >= 4 is 35.0 Å². The van der Waals surface area contributed by atoms with Crippen molar-refractivity contribution in [3.8, 4) is 5.69 Å². The maximum atomic E-state index is 12.2. The average molecular weight is 396 g/mol. The van der Waals surface area contributed by atoms with Crippen molar-refractivity contribution in [3.05, 3.63) is 59.9 Å². The zero-order valence-electron chi connectivity index (χ0n) is 15.5. The summed E-state index contributed by atoms with van der Waals surface area (Å²) in [6.07, 6.45) is 0. The number of carbonyl (C=O) groups excluding carboxylic acids is 2. The fourth-order valence-electron chi connectivity index (χ4n) is 2.54. The van der Waals surface area contributed by atoms with E-state index in [1.165, 1.54) is 11.8 Å². The fraction of sp³-hybridized carbons (Fsp3) is 0.211. The number of nitrogens with zero attached hydrogens (tertiary/aromatic N) is 4. The lowest BCUT2D eigenvalue weighted by Crippen LogP contribution is -2.18. The summed E-state index contributed by atoms with van der Waals surface area (Å²) in [6, 6.07) is 14.8. The van der Waals surface area contributed by atoms with Crippen LogP contribution in [0, 0.1) is 13.8 Å². The number of anilines is 2. The molecule has 2 N–H and O–H groups in total. The highest BCUT2D eigenvalue weighted by molar-refractivity contribution is 8.00. The molecule has 9 heteroatoms. The summed E-state index contributed by atoms with van der Waals surface area (Å²) in [6.45, 7) is 3.76. The standard InChI is InChI=1S/C19H20N6O2S/c1-13-5-3-6-15(9-13)20-18(26)11-28-12-19(27)21-16-7-4-8-17(10-16)25-14(2)22-23-24-25/h3-10H,11-12H2,1-2H3,(H,20,26)(H,21,27). The lowest BCUT2D eigenvalue weighted by molar-refractivity contribution is -0.114. The molecule has 1 aromatic heterocycles. The second kappa shape index (κ2) is 9.14. The van der Waals surface area contributed by atoms with Crippen LogP contribution in [0.5, 0.6) is 0 Å². The van der Waals surface area contributed by atoms with E-state index in [4.69, 9.17) is 0 Å². The van der Waals surface area contributed by atoms with Crippen LogP contribution in [0.1, 0.15) is 11.4 Å². The van der Waals surface area contributed by atoms with Gasteiger partial charge in [-0.1, -0.05) is 18.2 Å². The third-order valence-corrected chi connectivity index (χ3v) is 4.70. The van der Waals surface area contributed by atoms with Gasteiger partial charge in [-0.3, -0.25) is 9.59 Å². The highest BCUT2D eigenvalue weighted by atomic mass is 32.2. The zero-order chi connectivity index (χ0) is 19.9. The van der Waals surface area contributed by atoms with Gasteiger partial charge in [0.05, 0.1) is 17.2 Å². The average Bonchev–Trinajstić information content (AvgIpc) is 3.08. The van der Waals surface area contributed by atoms with E-state index >= 15 is 0 Å². The topological polar surface area (TPSA) is 102 Å². The minimum Gasteiger partial charge on any atom is -0.325 e. The molecule has 0 spiro atoms. The summed E-state index contributed by atoms with van der Waals surface area (Å²) in [4.78, 5) is 24.1. The Balaban J connectivity index is 1.47. The van der Waals surface area contributed by atoms with E-state index in [1.807, 2.05) is 43.3 Å². The van der Waals surface area contributed by atoms with Crippen LogP contribution in [0.3, 0.4) is 0 Å². The zero-order valence-corrected chi connectivity index (χ0v) is 16.4. The molecule has 2 aromatic carbocycles. The van der Waals surface area contributed by atoms with Crippen LogP contribution in [-0.2, 0) is 9.59 Å². The second-order valence-corrected chi connectivity index (χ2v) is 7.13. The molecule has 3 rings (SSSR count). The Kier molecular flexibility index (Phi) is 6.38. The number of aromatic nitrogens is 4. The summed E-state index contributed by atoms with van der Waals surface area (Å²) in [5.74, 6) is 0.706. The smallest absolute Gasteiger partial charge is 0.234 e. The van der Waals surface area contributed by atoms with Crippen molar-refractivity contribution in [2.45, 2.75) is 13.8 Å². The maximum Gasteiger partial charge on any atom is 0.234 e. The Hall–Kier alpha value is -3.20. The SMILES string of the molecule is Cc1cccc(NC(=O)CSCC(=O)Nc2cccc(-n3nnnc3C)c2)c1. The molecule has 0 aliphatic heterocycles. The first-order chi connectivity index (χ1) is 13.5. The Morgan fingerprint density at radius 2 is 1.61 bits per heavy atom. The van der Waals surface area contributed by atoms with Crippen LogP contribution >= 0.6 is 11.8 Å². The van der Waals surface area contributed by atoms with Crippen molar-refractivity contribution < 1.29 is 9.59 Å². The van der Waals surface area contributed by atoms with Crippen LogP contribution in [0.2, 0.25) is 0 Å². The normalized spacial score (nSPS) is 10.5. The van der Waals surface area contributed by atoms with Gasteiger partial charge < -0.3 is 10.6 Å². The number of benzene rings is 2. The number of aryl methyl sites for hydroxylation is 2. The molecule has 0 saturated carbocycles. The van der Waals surface area contributed by atoms with Crippen molar-refractivity contribution in [2.24, 2.45) is 0 Å². The van der Waals surface area contributed by atoms with E-state index in [0.29, 0.717) is 11.5 Å². The molecule has 0 saturated heterocycles. The van der Waals surface area contributed by atoms with Gasteiger partial charge in [0.25, 0.3) is 0 Å². The maximum absolute atomic E-state index is 12.2. The van der Waals surface area contributed by atoms with E-state index in [-0.39, 0.29) is 23.3 Å². The lowest BCUT2D eigenvalue weighted by Gasteiger charge is -2.08. The Labute approximate surface area is 166 Å². The molecule has 144 valence electrons. The lowest BCUT2D eigenvalue weighted by atomic mass is 10.2. The minimum absolute atomic E-state index is 0.139. The van der Waals surface area contributed by atoms with Crippen LogP contribution in [0.15, 0.2) is 48.5 Å². The van der Waals surface area contributed by atoms with Crippen molar-refractivity contribution in [3.63, 3.8) is 0 Å². The van der Waals surface area contributed by atoms with Crippen LogP contribution < -0.4 is 10.6 Å². The van der Waals surface area contributed by atoms with Crippen molar-refractivity contribution in [1.82, 2.24) is 20.2 Å². The first kappa shape index (κ1) is 19.6. The van der Waals surface area contributed by atoms with Crippen molar-refractivity contribution in [2.75, 3.05) is 22.1 Å². The molecule has 3 aromatic rings. The molecule has 0 fully saturated rings. The van der Waals surface area contributed by atoms with E-state index in [1.54, 1.807) is 23.7 Å². The van der Waals surface area contributed by atoms with Gasteiger partial charge in [0.2, 0.25) is 11.8 Å². The number of thioether (sulfide) groups is 1. The summed E-state index contributed by atoms with van der Waals surface area (Å²) in [7, 11) is 0. The number of hydrogen-bond acceptors (Lipinski definition) is 6. The fourth-order valence-corrected chi connectivity index (χ4v) is 3.16. The van der Waals surface area contributed by atoms with Gasteiger partial charge in [-0.15, -0.1) is 16.9 Å². The molecular weight excluding hydrogens is 376 g/mol. The molecule has 1 heterocycles. The molecule has 0 unspecified atom stereocenters. The molecule has 2 amide bonds. The van der Waals surface area contributed by atoms with Gasteiger partial charge in [-0.05, 0) is 60.2 Å². The van der Waals surface area contributed by atoms with Gasteiger partial charge >= 0.3 is 0 Å². The van der Waals surface area contributed by atoms with E-state index < -0.39 is 0 Å². The first-order valence-corrected chi connectivity index (χ1v) is 9.76. The minimum atomic E-state index is -0.182. The van der Waals surface area contributed by atoms with E-state index in [9.17, 15) is 9.59 Å². The van der Waals surface area contributed by atoms with Crippen LogP contribution in [0.25, 0.3) is 5.69 Å². The van der Waals surface area contributed by atoms with E-state index in [0.717, 1.165) is 16.9 Å². The monoisotopic (exact) mass is 396 g/mol. The quantitative estimate of drug-likeness (QED) is 0.636. The number of tetrazole rings is 1. The third kappa shape index (κ3) is 5.40. The first-order valence-electron chi connectivity index (χ1n) is 8.61. The van der Waals surface area contributed by atoms with Gasteiger partial charge in [-0.25, -0.2) is 0 Å². The largest absolute Gasteiger partial charge is 0.325 e. The molecule has 8 nitrogen and oxygen atoms in total. The summed E-state index contributed by atoms with van der Waals surface area (Å²) >= 11 is 1.25. The van der Waals surface area contributed by atoms with Gasteiger partial charge in [-0.2, -0.15) is 4.68 Å². The van der Waals surface area contributed by atoms with Crippen molar-refractivity contribution in [1.29, 1.82) is 0 Å². The third-order valence-electron chi connectivity index (χ3n) is 3.77. The Bertz CT molecular complexity index is 988. The summed E-state index contributed by atoms with van der Waals surface area (Å²) in [5, 5.41) is 17.0. The number of nitrogens with one attached hydrogen (secondary N) is 2. The van der Waals surface area contributed by atoms with Crippen LogP contribution in [-0.4, -0.2) is 43.5 Å². The summed E-state index contributed by atoms with van der Waals surface area (Å²) in [5.41, 5.74) is 3.22. The molecule has 0 atom stereocenters. The molecule has 0 aliphatic rings. The van der Waals surface area contributed by atoms with Gasteiger partial charge in [0.15, 0.2) is 5.82 Å². The summed E-state index contributed by atoms with van der Waals surface area (Å²) < 4.78 is 1.58. The second-order valence-electron chi connectivity index (χ2n) is 6.15. The van der Waals surface area contributed by atoms with E-state index in [2.05, 4.69) is 26.2 Å². The van der Waals surface area contributed by atoms with Crippen LogP contribution in [0.4, 0.5) is 11.4 Å². The molecule has 0 aliphatic carbocycles. The molecule has 28 heavy (non-hydrogen) atoms. The molecule has 0 bridgehead atoms. The molecule has 0 radical (unpaired) electrons. The highest BCUT2D eigenvalue weighted by Gasteiger charge is 2.09. The number of rotatable bonds is 7. The highest BCUT2D eigenvalue weighted by Crippen LogP contribution is 2.15. The molecular formula is C19H20N6O2S. The number of carbonyl (C=O) groups is 2. The van der Waals surface area contributed by atoms with Gasteiger partial charge in [0.1, 0.15) is 0 Å². The number of hydrogen-bond donors (Lipinski definition) is 2. The Morgan fingerprint density at radius 1 is 0.964 bits per heavy atom. The predicted octanol–water partition coefficient (Wildman–Crippen LogP) is 2.59.